The summed E-state index contributed by atoms with van der Waals surface area (Å²) < 4.78 is 25.3. The van der Waals surface area contributed by atoms with E-state index in [1.807, 2.05) is 178 Å². The number of ketones is 3. The van der Waals surface area contributed by atoms with E-state index in [0.717, 1.165) is 87.6 Å². The molecule has 19 heteroatoms. The number of hydrogen-bond acceptors (Lipinski definition) is 19. The van der Waals surface area contributed by atoms with Crippen molar-refractivity contribution in [2.24, 2.45) is 27.3 Å². The highest BCUT2D eigenvalue weighted by molar-refractivity contribution is 8.03. The van der Waals surface area contributed by atoms with Gasteiger partial charge in [0, 0.05) is 89.2 Å². The third-order valence-corrected chi connectivity index (χ3v) is 23.3. The van der Waals surface area contributed by atoms with Gasteiger partial charge in [-0.2, -0.15) is 0 Å². The SMILES string of the molecule is C=C/C(=C\C=C(/C)Sc1ccc(/C(CCC)=N\OC(C)=O)cc1)C(=O)c1cc2ccc(-c3cc(C(=O)c4cc5cc(Cc6cc(C(=O)c7cc8ccccc8o7)ccc6Sc6ccc(/C(CCC7CCCCC7)=N\OC(C)=O)cc6)ccc5o4)ccc3Sc3ccc(/C(CCC4CCCC4)=N\OC(C)=O)cc3)c(OC)c2o1. The van der Waals surface area contributed by atoms with Crippen LogP contribution in [0.5, 0.6) is 5.75 Å². The summed E-state index contributed by atoms with van der Waals surface area (Å²) in [5.74, 6) is -0.467. The molecule has 570 valence electrons. The van der Waals surface area contributed by atoms with Gasteiger partial charge in [0.1, 0.15) is 11.2 Å². The lowest BCUT2D eigenvalue weighted by Crippen LogP contribution is -2.10. The zero-order chi connectivity index (χ0) is 78.2. The highest BCUT2D eigenvalue weighted by atomic mass is 32.2. The second kappa shape index (κ2) is 37.3. The Balaban J connectivity index is 0.798. The lowest BCUT2D eigenvalue weighted by molar-refractivity contribution is -0.141. The van der Waals surface area contributed by atoms with Crippen molar-refractivity contribution < 1.29 is 61.3 Å². The van der Waals surface area contributed by atoms with Crippen LogP contribution in [0.1, 0.15) is 202 Å². The van der Waals surface area contributed by atoms with Gasteiger partial charge in [-0.25, -0.2) is 14.4 Å². The molecule has 0 spiro atoms. The molecule has 0 N–H and O–H groups in total. The molecule has 0 aliphatic heterocycles. The molecule has 3 heterocycles. The summed E-state index contributed by atoms with van der Waals surface area (Å²) >= 11 is 4.58. The number of nitrogens with zero attached hydrogens (tertiary/aromatic N) is 3. The highest BCUT2D eigenvalue weighted by Gasteiger charge is 2.27. The molecule has 0 amide bonds. The van der Waals surface area contributed by atoms with Crippen LogP contribution in [0.3, 0.4) is 0 Å². The van der Waals surface area contributed by atoms with Crippen LogP contribution in [0.15, 0.2) is 270 Å². The molecule has 0 saturated heterocycles. The summed E-state index contributed by atoms with van der Waals surface area (Å²) in [5.41, 5.74) is 10.3. The highest BCUT2D eigenvalue weighted by Crippen LogP contribution is 2.46. The first kappa shape index (κ1) is 79.0. The number of oxime groups is 3. The number of carbonyl (C=O) groups excluding carboxylic acids is 6. The van der Waals surface area contributed by atoms with Gasteiger partial charge >= 0.3 is 17.9 Å². The normalized spacial score (nSPS) is 14.1. The number of carbonyl (C=O) groups is 6. The topological polar surface area (TPSA) is 216 Å². The van der Waals surface area contributed by atoms with Crippen molar-refractivity contribution in [3.8, 4) is 16.9 Å². The van der Waals surface area contributed by atoms with E-state index in [0.29, 0.717) is 110 Å². The first-order valence-electron chi connectivity index (χ1n) is 38.0. The summed E-state index contributed by atoms with van der Waals surface area (Å²) in [5, 5.41) is 14.9. The number of benzene rings is 8. The molecular weight excluding hydrogens is 1460 g/mol. The van der Waals surface area contributed by atoms with Crippen LogP contribution in [0, 0.1) is 11.8 Å². The second-order valence-corrected chi connectivity index (χ2v) is 31.9. The van der Waals surface area contributed by atoms with Gasteiger partial charge in [0.05, 0.1) is 24.2 Å². The zero-order valence-corrected chi connectivity index (χ0v) is 66.1. The molecule has 0 radical (unpaired) electrons. The van der Waals surface area contributed by atoms with Gasteiger partial charge in [-0.1, -0.05) is 213 Å². The minimum absolute atomic E-state index is 0.0683. The fourth-order valence-electron chi connectivity index (χ4n) is 14.4. The van der Waals surface area contributed by atoms with Crippen molar-refractivity contribution in [2.45, 2.75) is 162 Å². The molecule has 8 aromatic carbocycles. The smallest absolute Gasteiger partial charge is 0.331 e. The second-order valence-electron chi connectivity index (χ2n) is 28.3. The van der Waals surface area contributed by atoms with E-state index >= 15 is 4.79 Å². The summed E-state index contributed by atoms with van der Waals surface area (Å²) in [4.78, 5) is 100. The number of para-hydroxylation sites is 1. The van der Waals surface area contributed by atoms with E-state index in [1.54, 1.807) is 49.2 Å². The van der Waals surface area contributed by atoms with Gasteiger partial charge in [0.25, 0.3) is 0 Å². The van der Waals surface area contributed by atoms with Crippen LogP contribution in [0.2, 0.25) is 0 Å². The van der Waals surface area contributed by atoms with Crippen LogP contribution >= 0.6 is 35.3 Å². The van der Waals surface area contributed by atoms with E-state index in [9.17, 15) is 24.0 Å². The lowest BCUT2D eigenvalue weighted by Gasteiger charge is -2.21. The van der Waals surface area contributed by atoms with Gasteiger partial charge in [-0.05, 0) is 205 Å². The van der Waals surface area contributed by atoms with Crippen molar-refractivity contribution >= 4 is 121 Å². The van der Waals surface area contributed by atoms with Crippen LogP contribution in [-0.2, 0) is 35.3 Å². The summed E-state index contributed by atoms with van der Waals surface area (Å²) in [6.45, 7) is 12.0. The molecule has 2 aliphatic carbocycles. The Hall–Kier alpha value is -11.1. The maximum Gasteiger partial charge on any atom is 0.331 e. The van der Waals surface area contributed by atoms with Crippen molar-refractivity contribution in [2.75, 3.05) is 7.11 Å². The molecule has 16 nitrogen and oxygen atoms in total. The summed E-state index contributed by atoms with van der Waals surface area (Å²) in [6.07, 6.45) is 21.2. The van der Waals surface area contributed by atoms with Gasteiger partial charge in [-0.3, -0.25) is 14.4 Å². The number of fused-ring (bicyclic) bond motifs is 3. The third-order valence-electron chi connectivity index (χ3n) is 20.2. The average molecular weight is 1550 g/mol. The Kier molecular flexibility index (Phi) is 26.3. The number of thioether (sulfide) groups is 1. The standard InChI is InChI=1S/C93H87N3O13S3/c1-8-17-79(94-107-58(4)97)65-29-38-74(39-30-65)110-57(3)24-28-64(9-2)89(100)86-55-71-35-44-77(93(103-7)92(71)106-86)78-53-70(37-49-88(78)112-76-42-33-67(34-43-76)81(96-109-60(6)99)46-26-62-20-13-14-21-62)91(102)85-56-72-50-63(27-47-83(72)105-85)51-73-52-69(90(101)84-54-68-22-15-16-23-82(68)104-84)36-48-87(73)111-75-40-31-66(32-41-75)80(95-108-59(5)98)45-25-61-18-11-10-12-19-61/h9,15-16,22-24,27-44,47-50,52-56,61-62H,2,8,10-14,17-21,25-26,45-46,51H2,1,3-7H3/b57-24+,64-28+,94-79-,95-80-,96-81-. The Morgan fingerprint density at radius 1 is 0.482 bits per heavy atom. The molecule has 2 fully saturated rings. The van der Waals surface area contributed by atoms with Gasteiger partial charge in [-0.15, -0.1) is 0 Å². The fourth-order valence-corrected chi connectivity index (χ4v) is 17.1. The lowest BCUT2D eigenvalue weighted by atomic mass is 9.85. The minimum atomic E-state index is -0.490. The molecule has 0 unspecified atom stereocenters. The molecule has 0 bridgehead atoms. The Morgan fingerprint density at radius 3 is 1.55 bits per heavy atom. The van der Waals surface area contributed by atoms with Gasteiger partial charge < -0.3 is 32.5 Å². The summed E-state index contributed by atoms with van der Waals surface area (Å²) in [6, 6.07) is 57.5. The minimum Gasteiger partial charge on any atom is -0.492 e. The molecule has 3 aromatic heterocycles. The first-order chi connectivity index (χ1) is 54.4. The van der Waals surface area contributed by atoms with E-state index in [1.165, 1.54) is 108 Å². The Morgan fingerprint density at radius 2 is 0.991 bits per heavy atom. The summed E-state index contributed by atoms with van der Waals surface area (Å²) in [7, 11) is 1.54. The van der Waals surface area contributed by atoms with Crippen molar-refractivity contribution in [3.63, 3.8) is 0 Å². The average Bonchev–Trinajstić information content (AvgIpc) is 1.53. The first-order valence-corrected chi connectivity index (χ1v) is 40.5. The Labute approximate surface area is 664 Å². The third kappa shape index (κ3) is 20.0. The molecule has 0 atom stereocenters. The largest absolute Gasteiger partial charge is 0.492 e. The number of rotatable bonds is 32. The van der Waals surface area contributed by atoms with Crippen LogP contribution < -0.4 is 4.74 Å². The molecule has 2 aliphatic rings. The fraction of sp³-hybridized carbons (Fsp3) is 0.258. The van der Waals surface area contributed by atoms with Crippen molar-refractivity contribution in [3.05, 3.63) is 274 Å². The van der Waals surface area contributed by atoms with Crippen molar-refractivity contribution in [1.82, 2.24) is 0 Å². The predicted octanol–water partition coefficient (Wildman–Crippen LogP) is 23.9. The van der Waals surface area contributed by atoms with Gasteiger partial charge in [0.2, 0.25) is 17.3 Å². The van der Waals surface area contributed by atoms with Crippen molar-refractivity contribution in [1.29, 1.82) is 0 Å². The molecule has 11 aromatic rings. The predicted molar refractivity (Wildman–Crippen MR) is 443 cm³/mol. The quantitative estimate of drug-likeness (QED) is 0.00728. The number of ether oxygens (including phenoxy) is 1. The number of allylic oxidation sites excluding steroid dienone is 5. The van der Waals surface area contributed by atoms with E-state index in [-0.39, 0.29) is 28.8 Å². The number of hydrogen-bond donors (Lipinski definition) is 0. The zero-order valence-electron chi connectivity index (χ0n) is 63.6. The van der Waals surface area contributed by atoms with E-state index < -0.39 is 23.7 Å². The van der Waals surface area contributed by atoms with Crippen LogP contribution in [0.4, 0.5) is 0 Å². The Bertz CT molecular complexity index is 5480. The van der Waals surface area contributed by atoms with Gasteiger partial charge in [0.15, 0.2) is 28.6 Å². The number of furan rings is 3. The molecule has 112 heavy (non-hydrogen) atoms. The van der Waals surface area contributed by atoms with Crippen LogP contribution in [0.25, 0.3) is 44.0 Å². The maximum absolute atomic E-state index is 15.2. The maximum atomic E-state index is 15.2. The molecular formula is C93H87N3O13S3. The van der Waals surface area contributed by atoms with E-state index in [2.05, 4.69) is 22.0 Å². The van der Waals surface area contributed by atoms with E-state index in [4.69, 9.17) is 32.5 Å². The van der Waals surface area contributed by atoms with Crippen LogP contribution in [-0.4, -0.2) is 59.5 Å². The number of methoxy groups -OCH3 is 1. The monoisotopic (exact) mass is 1550 g/mol. The number of Topliss-reactive ketones (excluding diaryl/α,β-unsaturated/α-hetero) is 1. The molecule has 13 rings (SSSR count). The molecule has 2 saturated carbocycles.